The van der Waals surface area contributed by atoms with Crippen LogP contribution >= 0.6 is 0 Å². The molecule has 1 heterocycles. The third kappa shape index (κ3) is 4.43. The SMILES string of the molecule is CCOc1ccc(C(C)N)cc1CN1CCCC(OC)C1. The number of piperidine rings is 1. The Labute approximate surface area is 128 Å². The lowest BCUT2D eigenvalue weighted by molar-refractivity contribution is 0.0282. The van der Waals surface area contributed by atoms with E-state index < -0.39 is 0 Å². The molecule has 0 bridgehead atoms. The van der Waals surface area contributed by atoms with Crippen molar-refractivity contribution in [2.75, 3.05) is 26.8 Å². The number of ether oxygens (including phenoxy) is 2. The number of nitrogens with two attached hydrogens (primary N) is 1. The zero-order valence-corrected chi connectivity index (χ0v) is 13.5. The van der Waals surface area contributed by atoms with Crippen LogP contribution in [-0.4, -0.2) is 37.8 Å². The highest BCUT2D eigenvalue weighted by Crippen LogP contribution is 2.26. The second-order valence-electron chi connectivity index (χ2n) is 5.82. The largest absolute Gasteiger partial charge is 0.494 e. The van der Waals surface area contributed by atoms with Gasteiger partial charge in [0.2, 0.25) is 0 Å². The Kier molecular flexibility index (Phi) is 6.03. The molecule has 0 spiro atoms. The predicted octanol–water partition coefficient (Wildman–Crippen LogP) is 2.72. The van der Waals surface area contributed by atoms with Crippen LogP contribution in [0.25, 0.3) is 0 Å². The highest BCUT2D eigenvalue weighted by atomic mass is 16.5. The van der Waals surface area contributed by atoms with E-state index in [0.29, 0.717) is 12.7 Å². The molecule has 118 valence electrons. The standard InChI is InChI=1S/C17H28N2O2/c1-4-21-17-8-7-14(13(2)18)10-15(17)11-19-9-5-6-16(12-19)20-3/h7-8,10,13,16H,4-6,9,11-12,18H2,1-3H3. The molecular formula is C17H28N2O2. The molecule has 0 aromatic heterocycles. The molecule has 2 unspecified atom stereocenters. The van der Waals surface area contributed by atoms with E-state index in [1.54, 1.807) is 7.11 Å². The molecule has 1 aromatic rings. The Morgan fingerprint density at radius 3 is 2.90 bits per heavy atom. The average Bonchev–Trinajstić information content (AvgIpc) is 2.49. The molecule has 1 aromatic carbocycles. The first kappa shape index (κ1) is 16.3. The van der Waals surface area contributed by atoms with Crippen LogP contribution in [-0.2, 0) is 11.3 Å². The summed E-state index contributed by atoms with van der Waals surface area (Å²) in [5.41, 5.74) is 8.40. The van der Waals surface area contributed by atoms with Crippen molar-refractivity contribution in [2.24, 2.45) is 5.73 Å². The number of nitrogens with zero attached hydrogens (tertiary/aromatic N) is 1. The molecule has 4 nitrogen and oxygen atoms in total. The molecule has 1 saturated heterocycles. The van der Waals surface area contributed by atoms with Crippen molar-refractivity contribution in [3.63, 3.8) is 0 Å². The van der Waals surface area contributed by atoms with E-state index in [1.165, 1.54) is 12.0 Å². The van der Waals surface area contributed by atoms with Gasteiger partial charge in [-0.25, -0.2) is 0 Å². The van der Waals surface area contributed by atoms with Crippen molar-refractivity contribution in [3.05, 3.63) is 29.3 Å². The van der Waals surface area contributed by atoms with E-state index in [0.717, 1.165) is 37.4 Å². The first-order chi connectivity index (χ1) is 10.1. The summed E-state index contributed by atoms with van der Waals surface area (Å²) in [5, 5.41) is 0. The lowest BCUT2D eigenvalue weighted by Gasteiger charge is -2.32. The maximum absolute atomic E-state index is 6.01. The molecule has 1 aliphatic rings. The van der Waals surface area contributed by atoms with Crippen molar-refractivity contribution < 1.29 is 9.47 Å². The monoisotopic (exact) mass is 292 g/mol. The normalized spacial score (nSPS) is 21.2. The molecular weight excluding hydrogens is 264 g/mol. The predicted molar refractivity (Wildman–Crippen MR) is 85.5 cm³/mol. The number of likely N-dealkylation sites (tertiary alicyclic amines) is 1. The highest BCUT2D eigenvalue weighted by molar-refractivity contribution is 5.38. The summed E-state index contributed by atoms with van der Waals surface area (Å²) in [6.45, 7) is 7.73. The minimum absolute atomic E-state index is 0.0486. The third-order valence-electron chi connectivity index (χ3n) is 4.10. The fourth-order valence-corrected chi connectivity index (χ4v) is 2.89. The van der Waals surface area contributed by atoms with Gasteiger partial charge in [0.25, 0.3) is 0 Å². The summed E-state index contributed by atoms with van der Waals surface area (Å²) in [5.74, 6) is 0.974. The van der Waals surface area contributed by atoms with Crippen LogP contribution in [0.1, 0.15) is 43.9 Å². The summed E-state index contributed by atoms with van der Waals surface area (Å²) in [6, 6.07) is 6.35. The third-order valence-corrected chi connectivity index (χ3v) is 4.10. The van der Waals surface area contributed by atoms with Gasteiger partial charge in [0.05, 0.1) is 12.7 Å². The van der Waals surface area contributed by atoms with E-state index in [-0.39, 0.29) is 6.04 Å². The van der Waals surface area contributed by atoms with Gasteiger partial charge < -0.3 is 15.2 Å². The number of benzene rings is 1. The maximum atomic E-state index is 6.01. The fraction of sp³-hybridized carbons (Fsp3) is 0.647. The van der Waals surface area contributed by atoms with E-state index in [9.17, 15) is 0 Å². The van der Waals surface area contributed by atoms with Gasteiger partial charge in [-0.3, -0.25) is 4.90 Å². The van der Waals surface area contributed by atoms with Crippen molar-refractivity contribution in [2.45, 2.75) is 45.4 Å². The van der Waals surface area contributed by atoms with Crippen LogP contribution in [0.3, 0.4) is 0 Å². The summed E-state index contributed by atoms with van der Waals surface area (Å²) in [7, 11) is 1.80. The summed E-state index contributed by atoms with van der Waals surface area (Å²) < 4.78 is 11.3. The van der Waals surface area contributed by atoms with E-state index >= 15 is 0 Å². The van der Waals surface area contributed by atoms with Crippen LogP contribution in [0.15, 0.2) is 18.2 Å². The van der Waals surface area contributed by atoms with Crippen molar-refractivity contribution in [1.29, 1.82) is 0 Å². The fourth-order valence-electron chi connectivity index (χ4n) is 2.89. The minimum atomic E-state index is 0.0486. The zero-order chi connectivity index (χ0) is 15.2. The van der Waals surface area contributed by atoms with Crippen LogP contribution in [0, 0.1) is 0 Å². The minimum Gasteiger partial charge on any atom is -0.494 e. The summed E-state index contributed by atoms with van der Waals surface area (Å²) >= 11 is 0. The number of rotatable bonds is 6. The van der Waals surface area contributed by atoms with Crippen LogP contribution in [0.4, 0.5) is 0 Å². The van der Waals surface area contributed by atoms with Crippen molar-refractivity contribution in [3.8, 4) is 5.75 Å². The lowest BCUT2D eigenvalue weighted by Crippen LogP contribution is -2.38. The number of hydrogen-bond acceptors (Lipinski definition) is 4. The molecule has 4 heteroatoms. The summed E-state index contributed by atoms with van der Waals surface area (Å²) in [6.07, 6.45) is 2.70. The molecule has 1 fully saturated rings. The lowest BCUT2D eigenvalue weighted by atomic mass is 10.0. The van der Waals surface area contributed by atoms with Crippen molar-refractivity contribution in [1.82, 2.24) is 4.90 Å². The second-order valence-corrected chi connectivity index (χ2v) is 5.82. The Hall–Kier alpha value is -1.10. The Bertz CT molecular complexity index is 448. The molecule has 0 radical (unpaired) electrons. The van der Waals surface area contributed by atoms with Gasteiger partial charge in [-0.2, -0.15) is 0 Å². The van der Waals surface area contributed by atoms with E-state index in [2.05, 4.69) is 23.1 Å². The maximum Gasteiger partial charge on any atom is 0.123 e. The molecule has 0 aliphatic carbocycles. The number of methoxy groups -OCH3 is 1. The van der Waals surface area contributed by atoms with E-state index in [1.807, 2.05) is 13.8 Å². The van der Waals surface area contributed by atoms with Crippen LogP contribution < -0.4 is 10.5 Å². The molecule has 2 atom stereocenters. The van der Waals surface area contributed by atoms with Gasteiger partial charge in [0, 0.05) is 31.8 Å². The van der Waals surface area contributed by atoms with Crippen LogP contribution in [0.5, 0.6) is 5.75 Å². The van der Waals surface area contributed by atoms with Gasteiger partial charge in [-0.15, -0.1) is 0 Å². The smallest absolute Gasteiger partial charge is 0.123 e. The topological polar surface area (TPSA) is 47.7 Å². The van der Waals surface area contributed by atoms with Crippen molar-refractivity contribution >= 4 is 0 Å². The first-order valence-electron chi connectivity index (χ1n) is 7.90. The molecule has 0 saturated carbocycles. The Morgan fingerprint density at radius 1 is 1.43 bits per heavy atom. The Balaban J connectivity index is 2.14. The van der Waals surface area contributed by atoms with Gasteiger partial charge in [0.1, 0.15) is 5.75 Å². The molecule has 2 rings (SSSR count). The highest BCUT2D eigenvalue weighted by Gasteiger charge is 2.20. The van der Waals surface area contributed by atoms with Crippen LogP contribution in [0.2, 0.25) is 0 Å². The second kappa shape index (κ2) is 7.78. The quantitative estimate of drug-likeness (QED) is 0.876. The molecule has 2 N–H and O–H groups in total. The average molecular weight is 292 g/mol. The van der Waals surface area contributed by atoms with Gasteiger partial charge in [0.15, 0.2) is 0 Å². The van der Waals surface area contributed by atoms with Gasteiger partial charge in [-0.1, -0.05) is 6.07 Å². The Morgan fingerprint density at radius 2 is 2.24 bits per heavy atom. The van der Waals surface area contributed by atoms with Gasteiger partial charge in [-0.05, 0) is 50.9 Å². The number of hydrogen-bond donors (Lipinski definition) is 1. The van der Waals surface area contributed by atoms with Gasteiger partial charge >= 0.3 is 0 Å². The summed E-state index contributed by atoms with van der Waals surface area (Å²) in [4.78, 5) is 2.44. The molecule has 21 heavy (non-hydrogen) atoms. The molecule has 0 amide bonds. The van der Waals surface area contributed by atoms with E-state index in [4.69, 9.17) is 15.2 Å². The zero-order valence-electron chi connectivity index (χ0n) is 13.5. The first-order valence-corrected chi connectivity index (χ1v) is 7.90. The molecule has 1 aliphatic heterocycles.